The molecule has 1 N–H and O–H groups in total. The molecular formula is C12H24N2. The van der Waals surface area contributed by atoms with Crippen LogP contribution in [0, 0.1) is 5.41 Å². The average Bonchev–Trinajstić information content (AvgIpc) is 2.72. The molecule has 0 saturated carbocycles. The Balaban J connectivity index is 1.89. The summed E-state index contributed by atoms with van der Waals surface area (Å²) in [6, 6.07) is 1.49. The predicted molar refractivity (Wildman–Crippen MR) is 60.5 cm³/mol. The van der Waals surface area contributed by atoms with Gasteiger partial charge in [-0.05, 0) is 44.7 Å². The lowest BCUT2D eigenvalue weighted by Gasteiger charge is -2.30. The van der Waals surface area contributed by atoms with Crippen LogP contribution >= 0.6 is 0 Å². The molecule has 2 atom stereocenters. The lowest BCUT2D eigenvalue weighted by Crippen LogP contribution is -2.45. The summed E-state index contributed by atoms with van der Waals surface area (Å²) in [4.78, 5) is 2.67. The number of likely N-dealkylation sites (tertiary alicyclic amines) is 1. The highest BCUT2D eigenvalue weighted by atomic mass is 15.2. The van der Waals surface area contributed by atoms with Gasteiger partial charge >= 0.3 is 0 Å². The third kappa shape index (κ3) is 2.12. The second kappa shape index (κ2) is 3.82. The largest absolute Gasteiger partial charge is 0.312 e. The molecule has 2 heterocycles. The number of hydrogen-bond acceptors (Lipinski definition) is 2. The van der Waals surface area contributed by atoms with Crippen LogP contribution in [0.2, 0.25) is 0 Å². The zero-order chi connectivity index (χ0) is 10.2. The molecule has 2 nitrogen and oxygen atoms in total. The van der Waals surface area contributed by atoms with Crippen LogP contribution in [-0.2, 0) is 0 Å². The Bertz CT molecular complexity index is 194. The van der Waals surface area contributed by atoms with E-state index in [1.807, 2.05) is 0 Å². The Morgan fingerprint density at radius 2 is 2.21 bits per heavy atom. The third-order valence-corrected chi connectivity index (χ3v) is 3.96. The van der Waals surface area contributed by atoms with Crippen molar-refractivity contribution in [3.8, 4) is 0 Å². The summed E-state index contributed by atoms with van der Waals surface area (Å²) >= 11 is 0. The first-order valence-corrected chi connectivity index (χ1v) is 6.06. The molecule has 0 aliphatic carbocycles. The van der Waals surface area contributed by atoms with E-state index in [0.717, 1.165) is 12.1 Å². The normalized spacial score (nSPS) is 34.9. The van der Waals surface area contributed by atoms with E-state index in [0.29, 0.717) is 5.41 Å². The maximum absolute atomic E-state index is 3.62. The zero-order valence-corrected chi connectivity index (χ0v) is 9.84. The fourth-order valence-electron chi connectivity index (χ4n) is 2.88. The number of hydrogen-bond donors (Lipinski definition) is 1. The molecule has 0 aromatic carbocycles. The molecule has 82 valence electrons. The fourth-order valence-corrected chi connectivity index (χ4v) is 2.88. The molecule has 0 aromatic rings. The molecule has 0 spiro atoms. The van der Waals surface area contributed by atoms with Crippen molar-refractivity contribution in [2.45, 2.75) is 52.1 Å². The van der Waals surface area contributed by atoms with Crippen molar-refractivity contribution in [3.63, 3.8) is 0 Å². The van der Waals surface area contributed by atoms with Crippen molar-refractivity contribution in [2.24, 2.45) is 5.41 Å². The Morgan fingerprint density at radius 1 is 1.43 bits per heavy atom. The highest BCUT2D eigenvalue weighted by Crippen LogP contribution is 2.31. The second-order valence-corrected chi connectivity index (χ2v) is 5.83. The minimum absolute atomic E-state index is 0.548. The van der Waals surface area contributed by atoms with Gasteiger partial charge in [0.05, 0.1) is 0 Å². The quantitative estimate of drug-likeness (QED) is 0.725. The van der Waals surface area contributed by atoms with E-state index in [2.05, 4.69) is 31.0 Å². The standard InChI is InChI=1S/C12H24N2/c1-10(11-5-4-7-13-11)14-8-6-12(2,3)9-14/h10-11,13H,4-9H2,1-3H3. The highest BCUT2D eigenvalue weighted by molar-refractivity contribution is 4.91. The van der Waals surface area contributed by atoms with Crippen LogP contribution in [0.1, 0.15) is 40.0 Å². The van der Waals surface area contributed by atoms with Crippen molar-refractivity contribution in [1.82, 2.24) is 10.2 Å². The maximum atomic E-state index is 3.62. The Morgan fingerprint density at radius 3 is 2.71 bits per heavy atom. The van der Waals surface area contributed by atoms with Crippen molar-refractivity contribution in [3.05, 3.63) is 0 Å². The molecular weight excluding hydrogens is 172 g/mol. The topological polar surface area (TPSA) is 15.3 Å². The molecule has 2 aliphatic rings. The van der Waals surface area contributed by atoms with Gasteiger partial charge in [-0.2, -0.15) is 0 Å². The molecule has 0 radical (unpaired) electrons. The first kappa shape index (κ1) is 10.4. The molecule has 2 fully saturated rings. The van der Waals surface area contributed by atoms with Gasteiger partial charge in [-0.1, -0.05) is 13.8 Å². The predicted octanol–water partition coefficient (Wildman–Crippen LogP) is 1.86. The van der Waals surface area contributed by atoms with Crippen molar-refractivity contribution < 1.29 is 0 Å². The molecule has 14 heavy (non-hydrogen) atoms. The second-order valence-electron chi connectivity index (χ2n) is 5.83. The van der Waals surface area contributed by atoms with Crippen LogP contribution in [0.5, 0.6) is 0 Å². The van der Waals surface area contributed by atoms with Crippen molar-refractivity contribution in [1.29, 1.82) is 0 Å². The van der Waals surface area contributed by atoms with Gasteiger partial charge < -0.3 is 5.32 Å². The average molecular weight is 196 g/mol. The van der Waals surface area contributed by atoms with E-state index >= 15 is 0 Å². The SMILES string of the molecule is CC(C1CCCN1)N1CCC(C)(C)C1. The lowest BCUT2D eigenvalue weighted by atomic mass is 9.93. The fraction of sp³-hybridized carbons (Fsp3) is 1.00. The van der Waals surface area contributed by atoms with Crippen LogP contribution < -0.4 is 5.32 Å². The summed E-state index contributed by atoms with van der Waals surface area (Å²) < 4.78 is 0. The van der Waals surface area contributed by atoms with Crippen molar-refractivity contribution in [2.75, 3.05) is 19.6 Å². The number of nitrogens with zero attached hydrogens (tertiary/aromatic N) is 1. The molecule has 2 saturated heterocycles. The zero-order valence-electron chi connectivity index (χ0n) is 9.84. The maximum Gasteiger partial charge on any atom is 0.0221 e. The van der Waals surface area contributed by atoms with Crippen LogP contribution in [0.3, 0.4) is 0 Å². The van der Waals surface area contributed by atoms with Crippen LogP contribution in [-0.4, -0.2) is 36.6 Å². The first-order valence-electron chi connectivity index (χ1n) is 6.06. The summed E-state index contributed by atoms with van der Waals surface area (Å²) in [5.41, 5.74) is 0.548. The van der Waals surface area contributed by atoms with E-state index in [-0.39, 0.29) is 0 Å². The molecule has 0 bridgehead atoms. The van der Waals surface area contributed by atoms with Crippen LogP contribution in [0.15, 0.2) is 0 Å². The van der Waals surface area contributed by atoms with Gasteiger partial charge in [0.2, 0.25) is 0 Å². The summed E-state index contributed by atoms with van der Waals surface area (Å²) in [5.74, 6) is 0. The summed E-state index contributed by atoms with van der Waals surface area (Å²) in [5, 5.41) is 3.62. The van der Waals surface area contributed by atoms with Crippen LogP contribution in [0.4, 0.5) is 0 Å². The molecule has 2 aliphatic heterocycles. The highest BCUT2D eigenvalue weighted by Gasteiger charge is 2.34. The Labute approximate surface area is 88.1 Å². The van der Waals surface area contributed by atoms with Crippen LogP contribution in [0.25, 0.3) is 0 Å². The minimum atomic E-state index is 0.548. The van der Waals surface area contributed by atoms with Gasteiger partial charge in [0.1, 0.15) is 0 Å². The van der Waals surface area contributed by atoms with E-state index in [9.17, 15) is 0 Å². The van der Waals surface area contributed by atoms with Gasteiger partial charge in [-0.15, -0.1) is 0 Å². The Kier molecular flexibility index (Phi) is 2.85. The summed E-state index contributed by atoms with van der Waals surface area (Å²) in [6.45, 7) is 11.0. The van der Waals surface area contributed by atoms with Gasteiger partial charge in [0.15, 0.2) is 0 Å². The van der Waals surface area contributed by atoms with Gasteiger partial charge in [0.25, 0.3) is 0 Å². The van der Waals surface area contributed by atoms with E-state index in [1.165, 1.54) is 38.9 Å². The lowest BCUT2D eigenvalue weighted by molar-refractivity contribution is 0.195. The van der Waals surface area contributed by atoms with Crippen molar-refractivity contribution >= 4 is 0 Å². The monoisotopic (exact) mass is 196 g/mol. The van der Waals surface area contributed by atoms with Gasteiger partial charge in [0, 0.05) is 18.6 Å². The van der Waals surface area contributed by atoms with Gasteiger partial charge in [-0.3, -0.25) is 4.90 Å². The molecule has 2 unspecified atom stereocenters. The first-order chi connectivity index (χ1) is 6.58. The molecule has 0 amide bonds. The smallest absolute Gasteiger partial charge is 0.0221 e. The molecule has 2 heteroatoms. The van der Waals surface area contributed by atoms with Gasteiger partial charge in [-0.25, -0.2) is 0 Å². The van der Waals surface area contributed by atoms with E-state index in [4.69, 9.17) is 0 Å². The Hall–Kier alpha value is -0.0800. The molecule has 0 aromatic heterocycles. The van der Waals surface area contributed by atoms with E-state index < -0.39 is 0 Å². The third-order valence-electron chi connectivity index (χ3n) is 3.96. The summed E-state index contributed by atoms with van der Waals surface area (Å²) in [6.07, 6.45) is 4.11. The van der Waals surface area contributed by atoms with E-state index in [1.54, 1.807) is 0 Å². The minimum Gasteiger partial charge on any atom is -0.312 e. The number of nitrogens with one attached hydrogen (secondary N) is 1. The molecule has 2 rings (SSSR count). The summed E-state index contributed by atoms with van der Waals surface area (Å²) in [7, 11) is 0. The number of rotatable bonds is 2.